The Kier molecular flexibility index (Phi) is 6.74. The molecule has 0 fully saturated rings. The van der Waals surface area contributed by atoms with Gasteiger partial charge in [0.15, 0.2) is 6.10 Å². The fourth-order valence-electron chi connectivity index (χ4n) is 2.48. The molecule has 9 heteroatoms. The Bertz CT molecular complexity index is 869. The van der Waals surface area contributed by atoms with Crippen molar-refractivity contribution in [1.82, 2.24) is 4.90 Å². The summed E-state index contributed by atoms with van der Waals surface area (Å²) in [5, 5.41) is 2.09. The number of halogens is 4. The molecule has 2 rings (SSSR count). The molecule has 1 N–H and O–H groups in total. The zero-order valence-corrected chi connectivity index (χ0v) is 15.3. The number of nitrogens with one attached hydrogen (secondary N) is 1. The molecule has 2 aromatic carbocycles. The Morgan fingerprint density at radius 1 is 1.00 bits per heavy atom. The van der Waals surface area contributed by atoms with Gasteiger partial charge >= 0.3 is 5.97 Å². The first kappa shape index (κ1) is 21.4. The average molecular weight is 398 g/mol. The molecule has 0 aliphatic carbocycles. The zero-order valence-electron chi connectivity index (χ0n) is 15.3. The Morgan fingerprint density at radius 2 is 1.61 bits per heavy atom. The highest BCUT2D eigenvalue weighted by Gasteiger charge is 2.32. The maximum absolute atomic E-state index is 14.1. The topological polar surface area (TPSA) is 58.6 Å². The molecule has 2 atom stereocenters. The van der Waals surface area contributed by atoms with E-state index in [4.69, 9.17) is 4.74 Å². The molecular weight excluding hydrogens is 380 g/mol. The molecule has 0 saturated carbocycles. The van der Waals surface area contributed by atoms with E-state index in [-0.39, 0.29) is 0 Å². The van der Waals surface area contributed by atoms with Crippen molar-refractivity contribution in [3.8, 4) is 0 Å². The molecule has 0 bridgehead atoms. The van der Waals surface area contributed by atoms with Gasteiger partial charge in [-0.15, -0.1) is 0 Å². The minimum atomic E-state index is -1.46. The summed E-state index contributed by atoms with van der Waals surface area (Å²) >= 11 is 0. The second-order valence-corrected chi connectivity index (χ2v) is 6.19. The first-order valence-electron chi connectivity index (χ1n) is 8.18. The number of hydrogen-bond donors (Lipinski definition) is 1. The van der Waals surface area contributed by atoms with Crippen LogP contribution < -0.4 is 5.32 Å². The third-order valence-electron chi connectivity index (χ3n) is 3.86. The molecule has 0 aromatic heterocycles. The van der Waals surface area contributed by atoms with E-state index < -0.39 is 58.5 Å². The lowest BCUT2D eigenvalue weighted by atomic mass is 10.0. The van der Waals surface area contributed by atoms with Crippen LogP contribution in [0.25, 0.3) is 0 Å². The molecule has 2 unspecified atom stereocenters. The Labute approximate surface area is 158 Å². The van der Waals surface area contributed by atoms with Gasteiger partial charge in [-0.3, -0.25) is 9.69 Å². The summed E-state index contributed by atoms with van der Waals surface area (Å²) in [6, 6.07) is 4.14. The number of nitrogens with zero attached hydrogens (tertiary/aromatic N) is 1. The standard InChI is InChI=1S/C19H18F4N2O3/c1-10(18(26)24-15-9-11(20)7-8-12(15)21)28-19(27)17(25(2)3)16-13(22)5-4-6-14(16)23/h4-10,17H,1-3H3,(H,24,26). The molecule has 0 aliphatic heterocycles. The summed E-state index contributed by atoms with van der Waals surface area (Å²) in [4.78, 5) is 25.8. The molecule has 1 amide bonds. The summed E-state index contributed by atoms with van der Waals surface area (Å²) in [6.07, 6.45) is -1.44. The fourth-order valence-corrected chi connectivity index (χ4v) is 2.48. The number of likely N-dealkylation sites (N-methyl/N-ethyl adjacent to an activating group) is 1. The summed E-state index contributed by atoms with van der Waals surface area (Å²) < 4.78 is 59.9. The van der Waals surface area contributed by atoms with Crippen LogP contribution in [0.4, 0.5) is 23.2 Å². The van der Waals surface area contributed by atoms with E-state index in [0.717, 1.165) is 36.4 Å². The molecule has 0 spiro atoms. The van der Waals surface area contributed by atoms with Gasteiger partial charge in [0.1, 0.15) is 29.3 Å². The lowest BCUT2D eigenvalue weighted by Gasteiger charge is -2.25. The highest BCUT2D eigenvalue weighted by molar-refractivity contribution is 5.95. The molecule has 2 aromatic rings. The predicted molar refractivity (Wildman–Crippen MR) is 93.3 cm³/mol. The van der Waals surface area contributed by atoms with E-state index in [0.29, 0.717) is 0 Å². The quantitative estimate of drug-likeness (QED) is 0.599. The first-order chi connectivity index (χ1) is 13.1. The number of benzene rings is 2. The van der Waals surface area contributed by atoms with Gasteiger partial charge in [-0.1, -0.05) is 6.07 Å². The van der Waals surface area contributed by atoms with E-state index in [1.807, 2.05) is 0 Å². The first-order valence-corrected chi connectivity index (χ1v) is 8.18. The van der Waals surface area contributed by atoms with Crippen LogP contribution in [0.3, 0.4) is 0 Å². The largest absolute Gasteiger partial charge is 0.451 e. The SMILES string of the molecule is CC(OC(=O)C(c1c(F)cccc1F)N(C)C)C(=O)Nc1cc(F)ccc1F. The lowest BCUT2D eigenvalue weighted by Crippen LogP contribution is -2.36. The monoisotopic (exact) mass is 398 g/mol. The third-order valence-corrected chi connectivity index (χ3v) is 3.86. The number of ether oxygens (including phenoxy) is 1. The minimum Gasteiger partial charge on any atom is -0.451 e. The number of anilines is 1. The minimum absolute atomic E-state index is 0.433. The lowest BCUT2D eigenvalue weighted by molar-refractivity contribution is -0.158. The number of amides is 1. The predicted octanol–water partition coefficient (Wildman–Crippen LogP) is 3.42. The van der Waals surface area contributed by atoms with Crippen molar-refractivity contribution in [3.05, 3.63) is 65.2 Å². The number of esters is 1. The number of hydrogen-bond acceptors (Lipinski definition) is 4. The van der Waals surface area contributed by atoms with Crippen molar-refractivity contribution in [2.75, 3.05) is 19.4 Å². The highest BCUT2D eigenvalue weighted by Crippen LogP contribution is 2.26. The van der Waals surface area contributed by atoms with E-state index in [2.05, 4.69) is 5.32 Å². The average Bonchev–Trinajstić information content (AvgIpc) is 2.60. The van der Waals surface area contributed by atoms with E-state index in [1.165, 1.54) is 25.9 Å². The summed E-state index contributed by atoms with van der Waals surface area (Å²) in [7, 11) is 2.81. The van der Waals surface area contributed by atoms with Gasteiger partial charge in [-0.2, -0.15) is 0 Å². The van der Waals surface area contributed by atoms with Gasteiger partial charge < -0.3 is 10.1 Å². The molecule has 28 heavy (non-hydrogen) atoms. The molecule has 0 saturated heterocycles. The number of rotatable bonds is 6. The Hall–Kier alpha value is -2.94. The maximum atomic E-state index is 14.1. The van der Waals surface area contributed by atoms with Crippen molar-refractivity contribution < 1.29 is 31.9 Å². The number of carbonyl (C=O) groups excluding carboxylic acids is 2. The van der Waals surface area contributed by atoms with E-state index in [1.54, 1.807) is 0 Å². The van der Waals surface area contributed by atoms with Crippen molar-refractivity contribution in [2.45, 2.75) is 19.1 Å². The second-order valence-electron chi connectivity index (χ2n) is 6.19. The van der Waals surface area contributed by atoms with Gasteiger partial charge in [0, 0.05) is 6.07 Å². The second kappa shape index (κ2) is 8.83. The van der Waals surface area contributed by atoms with Crippen LogP contribution in [0.2, 0.25) is 0 Å². The Morgan fingerprint density at radius 3 is 2.18 bits per heavy atom. The maximum Gasteiger partial charge on any atom is 0.328 e. The van der Waals surface area contributed by atoms with Crippen LogP contribution in [0, 0.1) is 23.3 Å². The number of carbonyl (C=O) groups is 2. The van der Waals surface area contributed by atoms with E-state index >= 15 is 0 Å². The van der Waals surface area contributed by atoms with Crippen LogP contribution in [0.1, 0.15) is 18.5 Å². The fraction of sp³-hybridized carbons (Fsp3) is 0.263. The molecule has 0 radical (unpaired) electrons. The van der Waals surface area contributed by atoms with Gasteiger partial charge in [0.25, 0.3) is 5.91 Å². The van der Waals surface area contributed by atoms with Crippen LogP contribution in [0.5, 0.6) is 0 Å². The molecule has 150 valence electrons. The van der Waals surface area contributed by atoms with E-state index in [9.17, 15) is 27.2 Å². The van der Waals surface area contributed by atoms with Gasteiger partial charge in [0.05, 0.1) is 11.3 Å². The zero-order chi connectivity index (χ0) is 21.0. The van der Waals surface area contributed by atoms with Crippen LogP contribution in [-0.4, -0.2) is 37.0 Å². The summed E-state index contributed by atoms with van der Waals surface area (Å²) in [5.74, 6) is -5.58. The van der Waals surface area contributed by atoms with Crippen molar-refractivity contribution in [1.29, 1.82) is 0 Å². The van der Waals surface area contributed by atoms with Gasteiger partial charge in [-0.05, 0) is 45.3 Å². The van der Waals surface area contributed by atoms with Crippen LogP contribution in [0.15, 0.2) is 36.4 Å². The Balaban J connectivity index is 2.16. The highest BCUT2D eigenvalue weighted by atomic mass is 19.1. The van der Waals surface area contributed by atoms with Crippen molar-refractivity contribution in [2.24, 2.45) is 0 Å². The van der Waals surface area contributed by atoms with Crippen LogP contribution >= 0.6 is 0 Å². The summed E-state index contributed by atoms with van der Waals surface area (Å²) in [5.41, 5.74) is -0.960. The van der Waals surface area contributed by atoms with Gasteiger partial charge in [0.2, 0.25) is 0 Å². The molecule has 0 aliphatic rings. The molecule has 0 heterocycles. The van der Waals surface area contributed by atoms with Crippen molar-refractivity contribution in [3.63, 3.8) is 0 Å². The van der Waals surface area contributed by atoms with Crippen LogP contribution in [-0.2, 0) is 14.3 Å². The summed E-state index contributed by atoms with van der Waals surface area (Å²) in [6.45, 7) is 1.19. The van der Waals surface area contributed by atoms with Gasteiger partial charge in [-0.25, -0.2) is 22.4 Å². The smallest absolute Gasteiger partial charge is 0.328 e. The molecular formula is C19H18F4N2O3. The van der Waals surface area contributed by atoms with Crippen molar-refractivity contribution >= 4 is 17.6 Å². The normalized spacial score (nSPS) is 13.1. The third kappa shape index (κ3) is 4.86. The molecule has 5 nitrogen and oxygen atoms in total.